The molecule has 0 bridgehead atoms. The van der Waals surface area contributed by atoms with E-state index in [2.05, 4.69) is 4.72 Å². The number of rotatable bonds is 8. The van der Waals surface area contributed by atoms with Crippen LogP contribution in [0.15, 0.2) is 35.2 Å². The molecular weight excluding hydrogens is 400 g/mol. The number of aliphatic hydroxyl groups excluding tert-OH is 2. The second-order valence-electron chi connectivity index (χ2n) is 7.40. The van der Waals surface area contributed by atoms with E-state index in [1.54, 1.807) is 30.2 Å². The summed E-state index contributed by atoms with van der Waals surface area (Å²) in [6.45, 7) is 0.862. The molecule has 0 unspecified atom stereocenters. The summed E-state index contributed by atoms with van der Waals surface area (Å²) in [6.07, 6.45) is -2.74. The Morgan fingerprint density at radius 1 is 1.24 bits per heavy atom. The highest BCUT2D eigenvalue weighted by Crippen LogP contribution is 2.26. The number of benzene rings is 1. The summed E-state index contributed by atoms with van der Waals surface area (Å²) < 4.78 is 37.8. The van der Waals surface area contributed by atoms with Crippen molar-refractivity contribution in [3.8, 4) is 0 Å². The fraction of sp³-hybridized carbons (Fsp3) is 0.632. The molecule has 1 aromatic carbocycles. The van der Waals surface area contributed by atoms with E-state index in [1.165, 1.54) is 12.1 Å². The smallest absolute Gasteiger partial charge is 0.240 e. The Balaban J connectivity index is 1.56. The summed E-state index contributed by atoms with van der Waals surface area (Å²) >= 11 is 0. The minimum absolute atomic E-state index is 0.00412. The highest BCUT2D eigenvalue weighted by Gasteiger charge is 2.44. The first-order chi connectivity index (χ1) is 13.8. The maximum absolute atomic E-state index is 12.6. The number of hydrogen-bond acceptors (Lipinski definition) is 7. The first kappa shape index (κ1) is 22.1. The normalized spacial score (nSPS) is 30.0. The Morgan fingerprint density at radius 3 is 2.62 bits per heavy atom. The standard InChI is InChI=1S/C19H28N2O7S/c1-27-12-13-6-5-9-21(13)17(22)10-15-18(23)19(24)16(28-15)11-20-29(25,26)14-7-3-2-4-8-14/h2-4,7-8,13,15-16,18-20,23-24H,5-6,9-12H2,1H3/t13-,15+,16+,18-,19+/m0/s1. The fourth-order valence-corrected chi connectivity index (χ4v) is 4.92. The zero-order valence-corrected chi connectivity index (χ0v) is 17.1. The van der Waals surface area contributed by atoms with Gasteiger partial charge in [-0.15, -0.1) is 0 Å². The zero-order valence-electron chi connectivity index (χ0n) is 16.3. The first-order valence-electron chi connectivity index (χ1n) is 9.68. The predicted octanol–water partition coefficient (Wildman–Crippen LogP) is -0.518. The third kappa shape index (κ3) is 5.14. The van der Waals surface area contributed by atoms with Gasteiger partial charge < -0.3 is 24.6 Å². The molecule has 2 aliphatic heterocycles. The van der Waals surface area contributed by atoms with Crippen LogP contribution in [0.3, 0.4) is 0 Å². The molecule has 3 N–H and O–H groups in total. The van der Waals surface area contributed by atoms with Crippen molar-refractivity contribution in [3.63, 3.8) is 0 Å². The van der Waals surface area contributed by atoms with Crippen molar-refractivity contribution in [1.82, 2.24) is 9.62 Å². The molecule has 9 nitrogen and oxygen atoms in total. The van der Waals surface area contributed by atoms with E-state index in [9.17, 15) is 23.4 Å². The average molecular weight is 429 g/mol. The number of carbonyl (C=O) groups excluding carboxylic acids is 1. The van der Waals surface area contributed by atoms with E-state index in [4.69, 9.17) is 9.47 Å². The van der Waals surface area contributed by atoms with Gasteiger partial charge in [-0.3, -0.25) is 4.79 Å². The zero-order chi connectivity index (χ0) is 21.0. The number of aliphatic hydroxyl groups is 2. The quantitative estimate of drug-likeness (QED) is 0.509. The van der Waals surface area contributed by atoms with Gasteiger partial charge in [0.05, 0.1) is 30.1 Å². The number of nitrogens with one attached hydrogen (secondary N) is 1. The van der Waals surface area contributed by atoms with Gasteiger partial charge in [-0.25, -0.2) is 13.1 Å². The van der Waals surface area contributed by atoms with E-state index in [0.717, 1.165) is 12.8 Å². The highest BCUT2D eigenvalue weighted by molar-refractivity contribution is 7.89. The number of carbonyl (C=O) groups is 1. The number of methoxy groups -OCH3 is 1. The molecule has 29 heavy (non-hydrogen) atoms. The maximum atomic E-state index is 12.6. The van der Waals surface area contributed by atoms with Gasteiger partial charge in [0.25, 0.3) is 0 Å². The van der Waals surface area contributed by atoms with Gasteiger partial charge >= 0.3 is 0 Å². The molecule has 0 radical (unpaired) electrons. The predicted molar refractivity (Wildman–Crippen MR) is 104 cm³/mol. The van der Waals surface area contributed by atoms with Crippen molar-refractivity contribution in [2.75, 3.05) is 26.8 Å². The Kier molecular flexibility index (Phi) is 7.25. The highest BCUT2D eigenvalue weighted by atomic mass is 32.2. The average Bonchev–Trinajstić information content (AvgIpc) is 3.28. The molecule has 2 heterocycles. The van der Waals surface area contributed by atoms with Crippen LogP contribution < -0.4 is 4.72 Å². The molecule has 2 saturated heterocycles. The molecule has 10 heteroatoms. The van der Waals surface area contributed by atoms with Crippen LogP contribution in [-0.2, 0) is 24.3 Å². The topological polar surface area (TPSA) is 125 Å². The van der Waals surface area contributed by atoms with Crippen molar-refractivity contribution in [2.45, 2.75) is 54.6 Å². The molecular formula is C19H28N2O7S. The van der Waals surface area contributed by atoms with Gasteiger partial charge in [0, 0.05) is 20.2 Å². The molecule has 1 aromatic rings. The lowest BCUT2D eigenvalue weighted by atomic mass is 10.0. The van der Waals surface area contributed by atoms with Crippen molar-refractivity contribution in [3.05, 3.63) is 30.3 Å². The number of hydrogen-bond donors (Lipinski definition) is 3. The van der Waals surface area contributed by atoms with E-state index in [-0.39, 0.29) is 29.8 Å². The summed E-state index contributed by atoms with van der Waals surface area (Å²) in [7, 11) is -2.18. The molecule has 0 saturated carbocycles. The van der Waals surface area contributed by atoms with E-state index in [0.29, 0.717) is 13.2 Å². The maximum Gasteiger partial charge on any atom is 0.240 e. The number of likely N-dealkylation sites (tertiary alicyclic amines) is 1. The van der Waals surface area contributed by atoms with Crippen LogP contribution >= 0.6 is 0 Å². The number of sulfonamides is 1. The van der Waals surface area contributed by atoms with Crippen molar-refractivity contribution in [1.29, 1.82) is 0 Å². The lowest BCUT2D eigenvalue weighted by Crippen LogP contribution is -2.42. The number of ether oxygens (including phenoxy) is 2. The van der Waals surface area contributed by atoms with Crippen molar-refractivity contribution >= 4 is 15.9 Å². The van der Waals surface area contributed by atoms with Crippen LogP contribution in [0.1, 0.15) is 19.3 Å². The van der Waals surface area contributed by atoms with Crippen LogP contribution in [0.25, 0.3) is 0 Å². The lowest BCUT2D eigenvalue weighted by Gasteiger charge is -2.26. The van der Waals surface area contributed by atoms with Crippen LogP contribution in [0.2, 0.25) is 0 Å². The van der Waals surface area contributed by atoms with Gasteiger partial charge in [0.2, 0.25) is 15.9 Å². The second-order valence-corrected chi connectivity index (χ2v) is 9.17. The van der Waals surface area contributed by atoms with Crippen LogP contribution in [-0.4, -0.2) is 86.7 Å². The van der Waals surface area contributed by atoms with Crippen molar-refractivity contribution < 1.29 is 32.9 Å². The van der Waals surface area contributed by atoms with Gasteiger partial charge in [-0.1, -0.05) is 18.2 Å². The molecule has 2 aliphatic rings. The van der Waals surface area contributed by atoms with Crippen LogP contribution in [0.5, 0.6) is 0 Å². The Bertz CT molecular complexity index is 789. The third-order valence-electron chi connectivity index (χ3n) is 5.42. The minimum Gasteiger partial charge on any atom is -0.388 e. The summed E-state index contributed by atoms with van der Waals surface area (Å²) in [5, 5.41) is 20.5. The Hall–Kier alpha value is -1.56. The fourth-order valence-electron chi connectivity index (χ4n) is 3.86. The monoisotopic (exact) mass is 428 g/mol. The van der Waals surface area contributed by atoms with Crippen LogP contribution in [0.4, 0.5) is 0 Å². The molecule has 0 spiro atoms. The van der Waals surface area contributed by atoms with E-state index < -0.39 is 34.4 Å². The first-order valence-corrected chi connectivity index (χ1v) is 11.2. The summed E-state index contributed by atoms with van der Waals surface area (Å²) in [4.78, 5) is 14.4. The van der Waals surface area contributed by atoms with Crippen LogP contribution in [0, 0.1) is 0 Å². The molecule has 2 fully saturated rings. The van der Waals surface area contributed by atoms with Gasteiger partial charge in [0.15, 0.2) is 0 Å². The van der Waals surface area contributed by atoms with Gasteiger partial charge in [-0.05, 0) is 25.0 Å². The molecule has 0 aromatic heterocycles. The molecule has 3 rings (SSSR count). The van der Waals surface area contributed by atoms with E-state index >= 15 is 0 Å². The number of amides is 1. The third-order valence-corrected chi connectivity index (χ3v) is 6.86. The SMILES string of the molecule is COC[C@@H]1CCCN1C(=O)C[C@H]1O[C@H](CNS(=O)(=O)c2ccccc2)[C@@H](O)[C@H]1O. The molecule has 0 aliphatic carbocycles. The molecule has 162 valence electrons. The van der Waals surface area contributed by atoms with Gasteiger partial charge in [-0.2, -0.15) is 0 Å². The Morgan fingerprint density at radius 2 is 1.93 bits per heavy atom. The molecule has 1 amide bonds. The van der Waals surface area contributed by atoms with E-state index in [1.807, 2.05) is 0 Å². The molecule has 5 atom stereocenters. The lowest BCUT2D eigenvalue weighted by molar-refractivity contribution is -0.137. The number of nitrogens with zero attached hydrogens (tertiary/aromatic N) is 1. The second kappa shape index (κ2) is 9.50. The minimum atomic E-state index is -3.77. The summed E-state index contributed by atoms with van der Waals surface area (Å²) in [6, 6.07) is 7.84. The van der Waals surface area contributed by atoms with Gasteiger partial charge in [0.1, 0.15) is 18.3 Å². The van der Waals surface area contributed by atoms with Crippen molar-refractivity contribution in [2.24, 2.45) is 0 Å². The summed E-state index contributed by atoms with van der Waals surface area (Å²) in [5.74, 6) is -0.175. The largest absolute Gasteiger partial charge is 0.388 e. The summed E-state index contributed by atoms with van der Waals surface area (Å²) in [5.41, 5.74) is 0. The Labute approximate surface area is 170 Å².